The van der Waals surface area contributed by atoms with Crippen molar-refractivity contribution in [1.82, 2.24) is 9.62 Å². The zero-order chi connectivity index (χ0) is 20.9. The highest BCUT2D eigenvalue weighted by Crippen LogP contribution is 2.21. The van der Waals surface area contributed by atoms with E-state index in [0.717, 1.165) is 24.3 Å². The van der Waals surface area contributed by atoms with Gasteiger partial charge in [0.2, 0.25) is 10.0 Å². The van der Waals surface area contributed by atoms with Crippen molar-refractivity contribution in [2.75, 3.05) is 37.4 Å². The number of hydrogen-bond donors (Lipinski definition) is 2. The van der Waals surface area contributed by atoms with Crippen LogP contribution >= 0.6 is 0 Å². The van der Waals surface area contributed by atoms with Crippen LogP contribution in [0.15, 0.2) is 53.4 Å². The highest BCUT2D eigenvalue weighted by molar-refractivity contribution is 7.89. The summed E-state index contributed by atoms with van der Waals surface area (Å²) in [4.78, 5) is 14.7. The molecule has 7 nitrogen and oxygen atoms in total. The molecule has 0 atom stereocenters. The minimum atomic E-state index is -3.45. The Morgan fingerprint density at radius 2 is 1.59 bits per heavy atom. The molecule has 1 saturated heterocycles. The molecule has 3 rings (SSSR count). The van der Waals surface area contributed by atoms with Crippen molar-refractivity contribution in [3.8, 4) is 0 Å². The summed E-state index contributed by atoms with van der Waals surface area (Å²) < 4.78 is 25.3. The van der Waals surface area contributed by atoms with Crippen LogP contribution in [0.2, 0.25) is 0 Å². The Hall–Kier alpha value is -2.58. The van der Waals surface area contributed by atoms with E-state index in [-0.39, 0.29) is 10.9 Å². The molecule has 2 aromatic rings. The fourth-order valence-electron chi connectivity index (χ4n) is 3.26. The fourth-order valence-corrected chi connectivity index (χ4v) is 4.16. The average molecular weight is 417 g/mol. The number of sulfonamides is 1. The number of nitrogens with zero attached hydrogens (tertiary/aromatic N) is 2. The van der Waals surface area contributed by atoms with Gasteiger partial charge in [-0.25, -0.2) is 17.5 Å². The van der Waals surface area contributed by atoms with E-state index in [2.05, 4.69) is 15.5 Å². The Morgan fingerprint density at radius 1 is 0.966 bits per heavy atom. The van der Waals surface area contributed by atoms with Crippen LogP contribution in [0.1, 0.15) is 24.8 Å². The van der Waals surface area contributed by atoms with Crippen LogP contribution < -0.4 is 15.5 Å². The molecule has 0 saturated carbocycles. The molecule has 1 heterocycles. The number of hydrogen-bond acceptors (Lipinski definition) is 4. The minimum Gasteiger partial charge on any atom is -0.372 e. The van der Waals surface area contributed by atoms with Gasteiger partial charge < -0.3 is 15.5 Å². The van der Waals surface area contributed by atoms with Crippen LogP contribution in [0.4, 0.5) is 16.2 Å². The molecule has 156 valence electrons. The van der Waals surface area contributed by atoms with E-state index in [0.29, 0.717) is 6.54 Å². The number of carbonyl (C=O) groups excluding carboxylic acids is 1. The van der Waals surface area contributed by atoms with Crippen LogP contribution in [0, 0.1) is 0 Å². The summed E-state index contributed by atoms with van der Waals surface area (Å²) in [5, 5.41) is 5.61. The van der Waals surface area contributed by atoms with E-state index in [4.69, 9.17) is 0 Å². The predicted molar refractivity (Wildman–Crippen MR) is 116 cm³/mol. The first-order valence-corrected chi connectivity index (χ1v) is 11.2. The second-order valence-corrected chi connectivity index (χ2v) is 9.49. The summed E-state index contributed by atoms with van der Waals surface area (Å²) in [6.45, 7) is 2.48. The van der Waals surface area contributed by atoms with E-state index in [1.807, 2.05) is 24.3 Å². The number of nitrogens with one attached hydrogen (secondary N) is 2. The van der Waals surface area contributed by atoms with Crippen molar-refractivity contribution >= 4 is 27.4 Å². The molecule has 0 unspecified atom stereocenters. The SMILES string of the molecule is CN(C)S(=O)(=O)c1ccc(CNC(=O)Nc2ccc(N3CCCCC3)cc2)cc1. The zero-order valence-electron chi connectivity index (χ0n) is 16.9. The molecule has 0 bridgehead atoms. The Balaban J connectivity index is 1.51. The van der Waals surface area contributed by atoms with Gasteiger partial charge in [-0.3, -0.25) is 0 Å². The van der Waals surface area contributed by atoms with E-state index in [1.165, 1.54) is 43.4 Å². The Bertz CT molecular complexity index is 919. The molecule has 2 N–H and O–H groups in total. The smallest absolute Gasteiger partial charge is 0.319 e. The Morgan fingerprint density at radius 3 is 2.17 bits per heavy atom. The predicted octanol–water partition coefficient (Wildman–Crippen LogP) is 3.25. The van der Waals surface area contributed by atoms with Crippen LogP contribution in [0.5, 0.6) is 0 Å². The molecule has 2 amide bonds. The third kappa shape index (κ3) is 5.48. The molecule has 0 radical (unpaired) electrons. The number of rotatable bonds is 6. The van der Waals surface area contributed by atoms with E-state index in [1.54, 1.807) is 24.3 Å². The quantitative estimate of drug-likeness (QED) is 0.757. The summed E-state index contributed by atoms with van der Waals surface area (Å²) >= 11 is 0. The summed E-state index contributed by atoms with van der Waals surface area (Å²) in [7, 11) is -0.459. The maximum absolute atomic E-state index is 12.2. The third-order valence-electron chi connectivity index (χ3n) is 5.00. The molecular formula is C21H28N4O3S. The lowest BCUT2D eigenvalue weighted by Gasteiger charge is -2.28. The van der Waals surface area contributed by atoms with E-state index in [9.17, 15) is 13.2 Å². The highest BCUT2D eigenvalue weighted by Gasteiger charge is 2.16. The lowest BCUT2D eigenvalue weighted by atomic mass is 10.1. The lowest BCUT2D eigenvalue weighted by molar-refractivity contribution is 0.251. The molecule has 0 aromatic heterocycles. The van der Waals surface area contributed by atoms with Crippen molar-refractivity contribution in [2.45, 2.75) is 30.7 Å². The number of urea groups is 1. The molecule has 1 aliphatic rings. The summed E-state index contributed by atoms with van der Waals surface area (Å²) in [6.07, 6.45) is 3.75. The maximum Gasteiger partial charge on any atom is 0.319 e. The summed E-state index contributed by atoms with van der Waals surface area (Å²) in [5.74, 6) is 0. The maximum atomic E-state index is 12.2. The van der Waals surface area contributed by atoms with Gasteiger partial charge in [-0.05, 0) is 61.2 Å². The Labute approximate surface area is 172 Å². The van der Waals surface area contributed by atoms with Gasteiger partial charge in [0.25, 0.3) is 0 Å². The first-order valence-electron chi connectivity index (χ1n) is 9.77. The third-order valence-corrected chi connectivity index (χ3v) is 6.83. The van der Waals surface area contributed by atoms with Crippen molar-refractivity contribution < 1.29 is 13.2 Å². The standard InChI is InChI=1S/C21H28N4O3S/c1-24(2)29(27,28)20-12-6-17(7-13-20)16-22-21(26)23-18-8-10-19(11-9-18)25-14-4-3-5-15-25/h6-13H,3-5,14-16H2,1-2H3,(H2,22,23,26). The molecule has 29 heavy (non-hydrogen) atoms. The normalized spacial score (nSPS) is 14.7. The number of piperidine rings is 1. The first-order chi connectivity index (χ1) is 13.9. The van der Waals surface area contributed by atoms with Gasteiger partial charge in [0.1, 0.15) is 0 Å². The largest absolute Gasteiger partial charge is 0.372 e. The van der Waals surface area contributed by atoms with Gasteiger partial charge >= 0.3 is 6.03 Å². The van der Waals surface area contributed by atoms with Gasteiger partial charge in [0.15, 0.2) is 0 Å². The van der Waals surface area contributed by atoms with Crippen molar-refractivity contribution in [3.63, 3.8) is 0 Å². The summed E-state index contributed by atoms with van der Waals surface area (Å²) in [6, 6.07) is 14.1. The van der Waals surface area contributed by atoms with Crippen molar-refractivity contribution in [2.24, 2.45) is 0 Å². The number of benzene rings is 2. The van der Waals surface area contributed by atoms with Gasteiger partial charge in [0, 0.05) is 45.1 Å². The summed E-state index contributed by atoms with van der Waals surface area (Å²) in [5.41, 5.74) is 2.73. The van der Waals surface area contributed by atoms with Crippen LogP contribution in [0.25, 0.3) is 0 Å². The van der Waals surface area contributed by atoms with Gasteiger partial charge in [0.05, 0.1) is 4.90 Å². The molecule has 2 aromatic carbocycles. The second kappa shape index (κ2) is 9.28. The zero-order valence-corrected chi connectivity index (χ0v) is 17.7. The number of amides is 2. The van der Waals surface area contributed by atoms with E-state index < -0.39 is 10.0 Å². The highest BCUT2D eigenvalue weighted by atomic mass is 32.2. The van der Waals surface area contributed by atoms with Gasteiger partial charge in [-0.2, -0.15) is 0 Å². The fraction of sp³-hybridized carbons (Fsp3) is 0.381. The molecular weight excluding hydrogens is 388 g/mol. The first kappa shape index (κ1) is 21.1. The Kier molecular flexibility index (Phi) is 6.76. The van der Waals surface area contributed by atoms with Gasteiger partial charge in [-0.15, -0.1) is 0 Å². The molecule has 0 spiro atoms. The minimum absolute atomic E-state index is 0.226. The van der Waals surface area contributed by atoms with Crippen LogP contribution in [-0.2, 0) is 16.6 Å². The average Bonchev–Trinajstić information content (AvgIpc) is 2.73. The number of anilines is 2. The molecule has 0 aliphatic carbocycles. The monoisotopic (exact) mass is 416 g/mol. The molecule has 8 heteroatoms. The molecule has 1 aliphatic heterocycles. The van der Waals surface area contributed by atoms with Crippen molar-refractivity contribution in [3.05, 3.63) is 54.1 Å². The second-order valence-electron chi connectivity index (χ2n) is 7.33. The molecule has 1 fully saturated rings. The lowest BCUT2D eigenvalue weighted by Crippen LogP contribution is -2.29. The van der Waals surface area contributed by atoms with Gasteiger partial charge in [-0.1, -0.05) is 12.1 Å². The van der Waals surface area contributed by atoms with Crippen LogP contribution in [-0.4, -0.2) is 45.9 Å². The topological polar surface area (TPSA) is 81.8 Å². The van der Waals surface area contributed by atoms with E-state index >= 15 is 0 Å². The van der Waals surface area contributed by atoms with Crippen LogP contribution in [0.3, 0.4) is 0 Å². The van der Waals surface area contributed by atoms with Crippen molar-refractivity contribution in [1.29, 1.82) is 0 Å². The number of carbonyl (C=O) groups is 1.